The summed E-state index contributed by atoms with van der Waals surface area (Å²) in [6, 6.07) is 5.93. The lowest BCUT2D eigenvalue weighted by molar-refractivity contribution is 0.0901. The maximum Gasteiger partial charge on any atom is 0.123 e. The summed E-state index contributed by atoms with van der Waals surface area (Å²) >= 11 is 0. The van der Waals surface area contributed by atoms with Crippen LogP contribution in [0, 0.1) is 11.7 Å². The van der Waals surface area contributed by atoms with Gasteiger partial charge in [-0.2, -0.15) is 0 Å². The van der Waals surface area contributed by atoms with Crippen LogP contribution in [0.5, 0.6) is 5.75 Å². The van der Waals surface area contributed by atoms with Gasteiger partial charge in [0.15, 0.2) is 0 Å². The van der Waals surface area contributed by atoms with E-state index >= 15 is 0 Å². The van der Waals surface area contributed by atoms with E-state index in [1.165, 1.54) is 24.3 Å². The lowest BCUT2D eigenvalue weighted by Gasteiger charge is -2.23. The molecule has 0 saturated heterocycles. The normalized spacial score (nSPS) is 14.3. The van der Waals surface area contributed by atoms with Crippen LogP contribution in [0.1, 0.15) is 13.8 Å². The average molecular weight is 285 g/mol. The molecule has 0 aliphatic rings. The number of hydrogen-bond donors (Lipinski definition) is 2. The third-order valence-electron chi connectivity index (χ3n) is 3.02. The van der Waals surface area contributed by atoms with Crippen LogP contribution in [0.4, 0.5) is 4.39 Å². The summed E-state index contributed by atoms with van der Waals surface area (Å²) < 4.78 is 23.2. The van der Waals surface area contributed by atoms with Crippen molar-refractivity contribution >= 4 is 0 Å². The molecule has 114 valence electrons. The van der Waals surface area contributed by atoms with Crippen molar-refractivity contribution in [3.8, 4) is 5.75 Å². The summed E-state index contributed by atoms with van der Waals surface area (Å²) in [7, 11) is 1.66. The molecule has 0 radical (unpaired) electrons. The van der Waals surface area contributed by atoms with Crippen molar-refractivity contribution in [2.45, 2.75) is 26.0 Å². The summed E-state index contributed by atoms with van der Waals surface area (Å²) in [6.07, 6.45) is -0.627. The van der Waals surface area contributed by atoms with E-state index in [-0.39, 0.29) is 18.5 Å². The topological polar surface area (TPSA) is 50.7 Å². The van der Waals surface area contributed by atoms with E-state index in [9.17, 15) is 9.50 Å². The van der Waals surface area contributed by atoms with Crippen molar-refractivity contribution in [1.29, 1.82) is 0 Å². The molecule has 0 bridgehead atoms. The number of aliphatic hydroxyl groups is 1. The fourth-order valence-corrected chi connectivity index (χ4v) is 1.74. The van der Waals surface area contributed by atoms with Crippen LogP contribution in [0.3, 0.4) is 0 Å². The molecule has 0 aliphatic heterocycles. The largest absolute Gasteiger partial charge is 0.491 e. The molecule has 0 amide bonds. The molecule has 1 aromatic rings. The van der Waals surface area contributed by atoms with Gasteiger partial charge in [0.05, 0.1) is 6.61 Å². The van der Waals surface area contributed by atoms with Crippen molar-refractivity contribution in [2.24, 2.45) is 5.92 Å². The van der Waals surface area contributed by atoms with E-state index in [4.69, 9.17) is 9.47 Å². The Morgan fingerprint density at radius 2 is 1.85 bits per heavy atom. The second kappa shape index (κ2) is 8.89. The summed E-state index contributed by atoms with van der Waals surface area (Å²) in [5.41, 5.74) is 0. The summed E-state index contributed by atoms with van der Waals surface area (Å²) in [4.78, 5) is 0. The SMILES string of the molecule is COCC(NCC(O)COc1ccc(F)cc1)C(C)C. The predicted molar refractivity (Wildman–Crippen MR) is 76.4 cm³/mol. The summed E-state index contributed by atoms with van der Waals surface area (Å²) in [5.74, 6) is 0.654. The zero-order valence-electron chi connectivity index (χ0n) is 12.3. The number of halogens is 1. The van der Waals surface area contributed by atoms with Gasteiger partial charge in [0, 0.05) is 19.7 Å². The molecule has 0 saturated carbocycles. The van der Waals surface area contributed by atoms with Crippen molar-refractivity contribution < 1.29 is 19.0 Å². The smallest absolute Gasteiger partial charge is 0.123 e. The van der Waals surface area contributed by atoms with Crippen LogP contribution in [0.25, 0.3) is 0 Å². The van der Waals surface area contributed by atoms with Crippen LogP contribution < -0.4 is 10.1 Å². The highest BCUT2D eigenvalue weighted by molar-refractivity contribution is 5.22. The molecule has 0 heterocycles. The van der Waals surface area contributed by atoms with Gasteiger partial charge in [0.1, 0.15) is 24.3 Å². The van der Waals surface area contributed by atoms with Gasteiger partial charge in [-0.05, 0) is 30.2 Å². The van der Waals surface area contributed by atoms with Crippen molar-refractivity contribution in [1.82, 2.24) is 5.32 Å². The Morgan fingerprint density at radius 3 is 2.40 bits per heavy atom. The van der Waals surface area contributed by atoms with Gasteiger partial charge in [-0.3, -0.25) is 0 Å². The minimum absolute atomic E-state index is 0.163. The standard InChI is InChI=1S/C15H24FNO3/c1-11(2)15(10-19-3)17-8-13(18)9-20-14-6-4-12(16)5-7-14/h4-7,11,13,15,17-18H,8-10H2,1-3H3. The highest BCUT2D eigenvalue weighted by Gasteiger charge is 2.14. The van der Waals surface area contributed by atoms with Gasteiger partial charge in [0.2, 0.25) is 0 Å². The molecule has 5 heteroatoms. The first-order valence-corrected chi connectivity index (χ1v) is 6.81. The quantitative estimate of drug-likeness (QED) is 0.727. The monoisotopic (exact) mass is 285 g/mol. The van der Waals surface area contributed by atoms with Crippen LogP contribution >= 0.6 is 0 Å². The van der Waals surface area contributed by atoms with Gasteiger partial charge >= 0.3 is 0 Å². The Kier molecular flexibility index (Phi) is 7.51. The maximum atomic E-state index is 12.7. The predicted octanol–water partition coefficient (Wildman–Crippen LogP) is 1.83. The van der Waals surface area contributed by atoms with E-state index < -0.39 is 6.10 Å². The lowest BCUT2D eigenvalue weighted by atomic mass is 10.1. The molecule has 2 atom stereocenters. The molecule has 4 nitrogen and oxygen atoms in total. The van der Waals surface area contributed by atoms with E-state index in [0.717, 1.165) is 0 Å². The van der Waals surface area contributed by atoms with Crippen LogP contribution in [0.15, 0.2) is 24.3 Å². The molecule has 1 rings (SSSR count). The molecule has 0 spiro atoms. The van der Waals surface area contributed by atoms with Crippen molar-refractivity contribution in [3.05, 3.63) is 30.1 Å². The maximum absolute atomic E-state index is 12.7. The zero-order valence-corrected chi connectivity index (χ0v) is 12.3. The molecular formula is C15H24FNO3. The summed E-state index contributed by atoms with van der Waals surface area (Å²) in [6.45, 7) is 5.38. The van der Waals surface area contributed by atoms with Crippen molar-refractivity contribution in [3.63, 3.8) is 0 Å². The van der Waals surface area contributed by atoms with Gasteiger partial charge in [-0.15, -0.1) is 0 Å². The van der Waals surface area contributed by atoms with Crippen LogP contribution in [-0.4, -0.2) is 44.1 Å². The first kappa shape index (κ1) is 16.9. The van der Waals surface area contributed by atoms with Gasteiger partial charge in [0.25, 0.3) is 0 Å². The minimum atomic E-state index is -0.627. The molecule has 0 aliphatic carbocycles. The Hall–Kier alpha value is -1.17. The fourth-order valence-electron chi connectivity index (χ4n) is 1.74. The van der Waals surface area contributed by atoms with E-state index in [1.807, 2.05) is 0 Å². The highest BCUT2D eigenvalue weighted by Crippen LogP contribution is 2.11. The van der Waals surface area contributed by atoms with Crippen LogP contribution in [-0.2, 0) is 4.74 Å². The number of methoxy groups -OCH3 is 1. The second-order valence-electron chi connectivity index (χ2n) is 5.13. The van der Waals surface area contributed by atoms with Crippen molar-refractivity contribution in [2.75, 3.05) is 26.9 Å². The lowest BCUT2D eigenvalue weighted by Crippen LogP contribution is -2.43. The number of rotatable bonds is 9. The van der Waals surface area contributed by atoms with Gasteiger partial charge in [-0.1, -0.05) is 13.8 Å². The number of nitrogens with one attached hydrogen (secondary N) is 1. The Labute approximate surface area is 119 Å². The first-order valence-electron chi connectivity index (χ1n) is 6.81. The second-order valence-corrected chi connectivity index (χ2v) is 5.13. The molecule has 0 fully saturated rings. The van der Waals surface area contributed by atoms with E-state index in [2.05, 4.69) is 19.2 Å². The first-order chi connectivity index (χ1) is 9.52. The number of aliphatic hydroxyl groups excluding tert-OH is 1. The Morgan fingerprint density at radius 1 is 1.20 bits per heavy atom. The molecular weight excluding hydrogens is 261 g/mol. The number of benzene rings is 1. The van der Waals surface area contributed by atoms with Gasteiger partial charge in [-0.25, -0.2) is 4.39 Å². The fraction of sp³-hybridized carbons (Fsp3) is 0.600. The Bertz CT molecular complexity index is 370. The Balaban J connectivity index is 2.28. The third-order valence-corrected chi connectivity index (χ3v) is 3.02. The van der Waals surface area contributed by atoms with Crippen LogP contribution in [0.2, 0.25) is 0 Å². The average Bonchev–Trinajstić information content (AvgIpc) is 2.42. The molecule has 2 N–H and O–H groups in total. The minimum Gasteiger partial charge on any atom is -0.491 e. The third kappa shape index (κ3) is 6.32. The van der Waals surface area contributed by atoms with E-state index in [1.54, 1.807) is 7.11 Å². The number of ether oxygens (including phenoxy) is 2. The van der Waals surface area contributed by atoms with Gasteiger partial charge < -0.3 is 19.9 Å². The molecule has 20 heavy (non-hydrogen) atoms. The highest BCUT2D eigenvalue weighted by atomic mass is 19.1. The molecule has 0 aromatic heterocycles. The summed E-state index contributed by atoms with van der Waals surface area (Å²) in [5, 5.41) is 13.1. The number of hydrogen-bond acceptors (Lipinski definition) is 4. The zero-order chi connectivity index (χ0) is 15.0. The van der Waals surface area contributed by atoms with E-state index in [0.29, 0.717) is 24.8 Å². The molecule has 2 unspecified atom stereocenters. The molecule has 1 aromatic carbocycles.